The summed E-state index contributed by atoms with van der Waals surface area (Å²) < 4.78 is 0. The van der Waals surface area contributed by atoms with Crippen LogP contribution in [0.25, 0.3) is 0 Å². The Morgan fingerprint density at radius 3 is 2.35 bits per heavy atom. The number of carbonyl (C=O) groups excluding carboxylic acids is 2. The van der Waals surface area contributed by atoms with Crippen LogP contribution < -0.4 is 5.32 Å². The third-order valence-corrected chi connectivity index (χ3v) is 2.64. The van der Waals surface area contributed by atoms with E-state index in [0.717, 1.165) is 0 Å². The van der Waals surface area contributed by atoms with Gasteiger partial charge in [-0.05, 0) is 24.6 Å². The van der Waals surface area contributed by atoms with Gasteiger partial charge in [0.05, 0.1) is 11.6 Å². The molecule has 88 valence electrons. The number of aliphatic hydroxyl groups is 1. The summed E-state index contributed by atoms with van der Waals surface area (Å²) >= 11 is 0. The molecule has 1 aromatic rings. The van der Waals surface area contributed by atoms with Crippen molar-refractivity contribution < 1.29 is 19.8 Å². The Morgan fingerprint density at radius 2 is 1.82 bits per heavy atom. The lowest BCUT2D eigenvalue weighted by Crippen LogP contribution is -2.23. The molecule has 0 radical (unpaired) electrons. The summed E-state index contributed by atoms with van der Waals surface area (Å²) in [6.45, 7) is 1.29. The fourth-order valence-electron chi connectivity index (χ4n) is 1.82. The number of Topliss-reactive ketones (excluding diaryl/α,β-unsaturated/α-hetero) is 1. The van der Waals surface area contributed by atoms with Crippen molar-refractivity contribution in [3.05, 3.63) is 41.2 Å². The molecule has 1 aromatic carbocycles. The highest BCUT2D eigenvalue weighted by molar-refractivity contribution is 6.08. The van der Waals surface area contributed by atoms with Gasteiger partial charge >= 0.3 is 0 Å². The first-order valence-corrected chi connectivity index (χ1v) is 5.04. The number of carbonyl (C=O) groups is 2. The van der Waals surface area contributed by atoms with Gasteiger partial charge in [0.25, 0.3) is 5.91 Å². The number of ketones is 1. The summed E-state index contributed by atoms with van der Waals surface area (Å²) in [5, 5.41) is 21.2. The molecule has 5 nitrogen and oxygen atoms in total. The second-order valence-corrected chi connectivity index (χ2v) is 3.82. The van der Waals surface area contributed by atoms with Crippen molar-refractivity contribution in [2.24, 2.45) is 0 Å². The lowest BCUT2D eigenvalue weighted by Gasteiger charge is -2.13. The number of hydrogen-bond acceptors (Lipinski definition) is 4. The molecule has 0 aromatic heterocycles. The normalized spacial score (nSPS) is 19.4. The van der Waals surface area contributed by atoms with Crippen LogP contribution in [0.2, 0.25) is 0 Å². The second kappa shape index (κ2) is 3.93. The molecular weight excluding hydrogens is 222 g/mol. The predicted octanol–water partition coefficient (Wildman–Crippen LogP) is 0.964. The number of phenolic OH excluding ortho intramolecular Hbond substituents is 1. The van der Waals surface area contributed by atoms with Crippen molar-refractivity contribution in [1.29, 1.82) is 0 Å². The average Bonchev–Trinajstić information content (AvgIpc) is 2.56. The third-order valence-electron chi connectivity index (χ3n) is 2.64. The highest BCUT2D eigenvalue weighted by Crippen LogP contribution is 2.30. The summed E-state index contributed by atoms with van der Waals surface area (Å²) in [4.78, 5) is 22.7. The van der Waals surface area contributed by atoms with Gasteiger partial charge in [-0.15, -0.1) is 0 Å². The van der Waals surface area contributed by atoms with Crippen LogP contribution in [0.5, 0.6) is 5.75 Å². The van der Waals surface area contributed by atoms with Gasteiger partial charge in [-0.1, -0.05) is 12.1 Å². The van der Waals surface area contributed by atoms with E-state index < -0.39 is 17.7 Å². The highest BCUT2D eigenvalue weighted by Gasteiger charge is 2.35. The summed E-state index contributed by atoms with van der Waals surface area (Å²) in [5.74, 6) is -1.46. The van der Waals surface area contributed by atoms with E-state index >= 15 is 0 Å². The first-order chi connectivity index (χ1) is 8.00. The molecule has 1 aliphatic heterocycles. The molecule has 1 amide bonds. The van der Waals surface area contributed by atoms with Crippen LogP contribution >= 0.6 is 0 Å². The van der Waals surface area contributed by atoms with Gasteiger partial charge in [0, 0.05) is 0 Å². The largest absolute Gasteiger partial charge is 0.508 e. The van der Waals surface area contributed by atoms with Crippen LogP contribution in [0.3, 0.4) is 0 Å². The van der Waals surface area contributed by atoms with E-state index in [9.17, 15) is 14.7 Å². The maximum atomic E-state index is 11.4. The lowest BCUT2D eigenvalue weighted by atomic mass is 9.98. The second-order valence-electron chi connectivity index (χ2n) is 3.82. The Labute approximate surface area is 97.4 Å². The van der Waals surface area contributed by atoms with Gasteiger partial charge in [0.15, 0.2) is 11.5 Å². The smallest absolute Gasteiger partial charge is 0.287 e. The van der Waals surface area contributed by atoms with Crippen molar-refractivity contribution >= 4 is 11.7 Å². The average molecular weight is 233 g/mol. The zero-order valence-corrected chi connectivity index (χ0v) is 9.10. The van der Waals surface area contributed by atoms with E-state index in [1.165, 1.54) is 19.1 Å². The van der Waals surface area contributed by atoms with Crippen LogP contribution in [0.15, 0.2) is 35.6 Å². The van der Waals surface area contributed by atoms with Crippen LogP contribution in [0.1, 0.15) is 18.5 Å². The Bertz CT molecular complexity index is 516. The zero-order valence-electron chi connectivity index (χ0n) is 9.10. The number of aromatic hydroxyl groups is 1. The molecule has 0 unspecified atom stereocenters. The van der Waals surface area contributed by atoms with Gasteiger partial charge in [0.1, 0.15) is 5.75 Å². The number of benzene rings is 1. The molecule has 17 heavy (non-hydrogen) atoms. The first-order valence-electron chi connectivity index (χ1n) is 5.04. The molecule has 0 saturated heterocycles. The summed E-state index contributed by atoms with van der Waals surface area (Å²) in [6, 6.07) is 5.42. The van der Waals surface area contributed by atoms with Gasteiger partial charge in [-0.2, -0.15) is 0 Å². The van der Waals surface area contributed by atoms with E-state index in [-0.39, 0.29) is 17.1 Å². The molecule has 1 heterocycles. The Hall–Kier alpha value is -2.30. The Kier molecular flexibility index (Phi) is 2.59. The van der Waals surface area contributed by atoms with E-state index in [4.69, 9.17) is 5.11 Å². The van der Waals surface area contributed by atoms with Crippen LogP contribution in [-0.4, -0.2) is 21.9 Å². The van der Waals surface area contributed by atoms with Gasteiger partial charge in [0.2, 0.25) is 0 Å². The molecule has 3 N–H and O–H groups in total. The van der Waals surface area contributed by atoms with Crippen LogP contribution in [0, 0.1) is 0 Å². The number of nitrogens with one attached hydrogen (secondary N) is 1. The Balaban J connectivity index is 2.44. The van der Waals surface area contributed by atoms with Crippen molar-refractivity contribution in [2.75, 3.05) is 0 Å². The quantitative estimate of drug-likeness (QED) is 0.710. The molecule has 0 aliphatic carbocycles. The third kappa shape index (κ3) is 1.87. The van der Waals surface area contributed by atoms with Crippen LogP contribution in [-0.2, 0) is 9.59 Å². The molecular formula is C12H11NO4. The van der Waals surface area contributed by atoms with Crippen molar-refractivity contribution in [3.63, 3.8) is 0 Å². The monoisotopic (exact) mass is 233 g/mol. The summed E-state index contributed by atoms with van der Waals surface area (Å²) in [7, 11) is 0. The topological polar surface area (TPSA) is 86.6 Å². The SMILES string of the molecule is CC(=O)C1=C(O)C(=O)N[C@@H]1c1ccc(O)cc1. The van der Waals surface area contributed by atoms with Crippen molar-refractivity contribution in [3.8, 4) is 5.75 Å². The summed E-state index contributed by atoms with van der Waals surface area (Å²) in [5.41, 5.74) is 0.686. The van der Waals surface area contributed by atoms with E-state index in [1.54, 1.807) is 12.1 Å². The van der Waals surface area contributed by atoms with E-state index in [0.29, 0.717) is 5.56 Å². The lowest BCUT2D eigenvalue weighted by molar-refractivity contribution is -0.119. The van der Waals surface area contributed by atoms with Crippen molar-refractivity contribution in [1.82, 2.24) is 5.32 Å². The molecule has 0 saturated carbocycles. The van der Waals surface area contributed by atoms with Gasteiger partial charge in [-0.3, -0.25) is 9.59 Å². The molecule has 2 rings (SSSR count). The zero-order chi connectivity index (χ0) is 12.6. The summed E-state index contributed by atoms with van der Waals surface area (Å²) in [6.07, 6.45) is 0. The number of phenols is 1. The highest BCUT2D eigenvalue weighted by atomic mass is 16.3. The van der Waals surface area contributed by atoms with E-state index in [2.05, 4.69) is 5.32 Å². The number of amides is 1. The van der Waals surface area contributed by atoms with Gasteiger partial charge in [-0.25, -0.2) is 0 Å². The fraction of sp³-hybridized carbons (Fsp3) is 0.167. The van der Waals surface area contributed by atoms with Crippen molar-refractivity contribution in [2.45, 2.75) is 13.0 Å². The maximum absolute atomic E-state index is 11.4. The Morgan fingerprint density at radius 1 is 1.24 bits per heavy atom. The fourth-order valence-corrected chi connectivity index (χ4v) is 1.82. The molecule has 0 spiro atoms. The standard InChI is InChI=1S/C12H11NO4/c1-6(14)9-10(13-12(17)11(9)16)7-2-4-8(15)5-3-7/h2-5,10,15-16H,1H3,(H,13,17)/t10-/m1/s1. The predicted molar refractivity (Wildman–Crippen MR) is 59.3 cm³/mol. The number of hydrogen-bond donors (Lipinski definition) is 3. The van der Waals surface area contributed by atoms with Gasteiger partial charge < -0.3 is 15.5 Å². The minimum absolute atomic E-state index is 0.0562. The number of rotatable bonds is 2. The maximum Gasteiger partial charge on any atom is 0.287 e. The first kappa shape index (κ1) is 11.2. The van der Waals surface area contributed by atoms with E-state index in [1.807, 2.05) is 0 Å². The molecule has 1 aliphatic rings. The minimum atomic E-state index is -0.659. The molecule has 5 heteroatoms. The van der Waals surface area contributed by atoms with Crippen LogP contribution in [0.4, 0.5) is 0 Å². The number of aliphatic hydroxyl groups excluding tert-OH is 1. The minimum Gasteiger partial charge on any atom is -0.508 e. The molecule has 1 atom stereocenters. The molecule has 0 bridgehead atoms. The molecule has 0 fully saturated rings.